The van der Waals surface area contributed by atoms with Crippen molar-refractivity contribution < 1.29 is 29.7 Å². The van der Waals surface area contributed by atoms with Crippen molar-refractivity contribution >= 4 is 55.4 Å². The molecule has 9 heteroatoms. The molecule has 0 radical (unpaired) electrons. The van der Waals surface area contributed by atoms with Crippen molar-refractivity contribution in [1.29, 1.82) is 0 Å². The molecule has 8 nitrogen and oxygen atoms in total. The Morgan fingerprint density at radius 2 is 1.11 bits per heavy atom. The normalized spacial score (nSPS) is 10.1. The summed E-state index contributed by atoms with van der Waals surface area (Å²) in [5.41, 5.74) is 3.20. The second kappa shape index (κ2) is 12.6. The van der Waals surface area contributed by atoms with Gasteiger partial charge in [0, 0.05) is 35.8 Å². The van der Waals surface area contributed by atoms with Crippen molar-refractivity contribution in [2.45, 2.75) is 20.3 Å². The fraction of sp³-hybridized carbons (Fsp3) is 0.111. The molecule has 0 saturated heterocycles. The molecule has 0 aliphatic carbocycles. The Kier molecular flexibility index (Phi) is 9.27. The van der Waals surface area contributed by atoms with Gasteiger partial charge in [0.25, 0.3) is 0 Å². The summed E-state index contributed by atoms with van der Waals surface area (Å²) >= 11 is 0. The second-order valence-electron chi connectivity index (χ2n) is 7.56. The summed E-state index contributed by atoms with van der Waals surface area (Å²) in [6.07, 6.45) is 10.6. The van der Waals surface area contributed by atoms with Crippen LogP contribution in [-0.4, -0.2) is 41.5 Å². The number of pyridine rings is 6. The molecule has 0 saturated carbocycles. The summed E-state index contributed by atoms with van der Waals surface area (Å²) in [5, 5.41) is 3.80. The van der Waals surface area contributed by atoms with Gasteiger partial charge >= 0.3 is 20.1 Å². The van der Waals surface area contributed by atoms with Crippen LogP contribution in [0.2, 0.25) is 0 Å². The number of carbonyl (C=O) groups is 2. The predicted octanol–water partition coefficient (Wildman–Crippen LogP) is 4.51. The number of Topliss-reactive ketones (excluding diaryl/α,β-unsaturated/α-hetero) is 2. The van der Waals surface area contributed by atoms with E-state index in [1.54, 1.807) is 49.3 Å². The van der Waals surface area contributed by atoms with Crippen LogP contribution in [0.25, 0.3) is 43.9 Å². The van der Waals surface area contributed by atoms with Gasteiger partial charge in [0.15, 0.2) is 0 Å². The number of hydrogen-bond donors (Lipinski definition) is 0. The van der Waals surface area contributed by atoms with E-state index in [0.29, 0.717) is 11.3 Å². The van der Waals surface area contributed by atoms with Crippen LogP contribution in [-0.2, 0) is 29.7 Å². The molecule has 6 heterocycles. The number of nitrogens with zero attached hydrogens (tertiary/aromatic N) is 6. The average molecular weight is 653 g/mol. The molecule has 6 aromatic rings. The van der Waals surface area contributed by atoms with Crippen LogP contribution in [0.5, 0.6) is 0 Å². The SMILES string of the molecule is CC(=O)CC(C)=O.[Ir+3].[c-]1ccnc2ncc3cccnc3c12.[c-]1ccnc2ncc3cccnc3c12. The molecule has 0 aliphatic heterocycles. The molecule has 0 aliphatic rings. The van der Waals surface area contributed by atoms with E-state index in [0.717, 1.165) is 32.6 Å². The van der Waals surface area contributed by atoms with Crippen molar-refractivity contribution in [3.05, 3.63) is 85.7 Å². The molecule has 36 heavy (non-hydrogen) atoms. The summed E-state index contributed by atoms with van der Waals surface area (Å²) in [6, 6.07) is 17.5. The number of hydrogen-bond acceptors (Lipinski definition) is 8. The molecular weight excluding hydrogens is 633 g/mol. The molecule has 0 bridgehead atoms. The number of rotatable bonds is 2. The Morgan fingerprint density at radius 1 is 0.667 bits per heavy atom. The van der Waals surface area contributed by atoms with Crippen LogP contribution < -0.4 is 0 Å². The molecule has 0 aromatic carbocycles. The smallest absolute Gasteiger partial charge is 0.334 e. The number of aromatic nitrogens is 6. The molecule has 6 rings (SSSR count). The quantitative estimate of drug-likeness (QED) is 0.153. The Balaban J connectivity index is 0.000000158. The Hall–Kier alpha value is -4.07. The molecule has 0 spiro atoms. The summed E-state index contributed by atoms with van der Waals surface area (Å²) < 4.78 is 0. The van der Waals surface area contributed by atoms with Gasteiger partial charge in [-0.15, -0.1) is 24.3 Å². The average Bonchev–Trinajstić information content (AvgIpc) is 2.88. The summed E-state index contributed by atoms with van der Waals surface area (Å²) in [5.74, 6) is -0.125. The number of fused-ring (bicyclic) bond motifs is 6. The third kappa shape index (κ3) is 6.53. The maximum absolute atomic E-state index is 10.0. The summed E-state index contributed by atoms with van der Waals surface area (Å²) in [4.78, 5) is 45.4. The molecule has 0 amide bonds. The van der Waals surface area contributed by atoms with Gasteiger partial charge in [-0.3, -0.25) is 19.6 Å². The molecule has 6 aromatic heterocycles. The zero-order chi connectivity index (χ0) is 24.6. The van der Waals surface area contributed by atoms with Crippen LogP contribution in [0.15, 0.2) is 73.6 Å². The van der Waals surface area contributed by atoms with Gasteiger partial charge in [-0.2, -0.15) is 0 Å². The fourth-order valence-corrected chi connectivity index (χ4v) is 3.33. The monoisotopic (exact) mass is 653 g/mol. The third-order valence-corrected chi connectivity index (χ3v) is 4.75. The van der Waals surface area contributed by atoms with Gasteiger partial charge in [-0.05, 0) is 36.8 Å². The van der Waals surface area contributed by atoms with Crippen LogP contribution in [0.1, 0.15) is 20.3 Å². The van der Waals surface area contributed by atoms with Crippen molar-refractivity contribution in [3.63, 3.8) is 0 Å². The molecular formula is C27H20IrN6O2+. The minimum absolute atomic E-state index is 0. The van der Waals surface area contributed by atoms with E-state index in [1.165, 1.54) is 13.8 Å². The van der Waals surface area contributed by atoms with Crippen molar-refractivity contribution in [1.82, 2.24) is 29.9 Å². The topological polar surface area (TPSA) is 111 Å². The molecule has 178 valence electrons. The van der Waals surface area contributed by atoms with Crippen LogP contribution in [0.4, 0.5) is 0 Å². The number of ketones is 2. The first kappa shape index (κ1) is 26.5. The van der Waals surface area contributed by atoms with Crippen molar-refractivity contribution in [2.75, 3.05) is 0 Å². The van der Waals surface area contributed by atoms with Crippen LogP contribution in [0, 0.1) is 12.1 Å². The van der Waals surface area contributed by atoms with E-state index in [4.69, 9.17) is 0 Å². The van der Waals surface area contributed by atoms with Gasteiger partial charge < -0.3 is 19.9 Å². The van der Waals surface area contributed by atoms with Gasteiger partial charge in [0.2, 0.25) is 0 Å². The van der Waals surface area contributed by atoms with E-state index in [-0.39, 0.29) is 38.1 Å². The first-order valence-electron chi connectivity index (χ1n) is 10.7. The number of carbonyl (C=O) groups excluding carboxylic acids is 2. The van der Waals surface area contributed by atoms with E-state index in [2.05, 4.69) is 42.0 Å². The second-order valence-corrected chi connectivity index (χ2v) is 7.56. The zero-order valence-electron chi connectivity index (χ0n) is 19.5. The van der Waals surface area contributed by atoms with Gasteiger partial charge in [-0.1, -0.05) is 35.3 Å². The molecule has 0 fully saturated rings. The predicted molar refractivity (Wildman–Crippen MR) is 133 cm³/mol. The third-order valence-electron chi connectivity index (χ3n) is 4.75. The van der Waals surface area contributed by atoms with E-state index < -0.39 is 0 Å². The minimum Gasteiger partial charge on any atom is -0.334 e. The maximum atomic E-state index is 10.0. The van der Waals surface area contributed by atoms with E-state index in [1.807, 2.05) is 24.3 Å². The van der Waals surface area contributed by atoms with Crippen LogP contribution >= 0.6 is 0 Å². The Morgan fingerprint density at radius 3 is 1.50 bits per heavy atom. The Labute approximate surface area is 220 Å². The minimum atomic E-state index is -0.0625. The van der Waals surface area contributed by atoms with Gasteiger partial charge in [-0.25, -0.2) is 0 Å². The van der Waals surface area contributed by atoms with Crippen molar-refractivity contribution in [3.8, 4) is 0 Å². The van der Waals surface area contributed by atoms with Crippen LogP contribution in [0.3, 0.4) is 0 Å². The van der Waals surface area contributed by atoms with E-state index in [9.17, 15) is 9.59 Å². The molecule has 0 N–H and O–H groups in total. The van der Waals surface area contributed by atoms with E-state index >= 15 is 0 Å². The first-order valence-corrected chi connectivity index (χ1v) is 10.7. The van der Waals surface area contributed by atoms with Crippen molar-refractivity contribution in [2.24, 2.45) is 0 Å². The standard InChI is InChI=1S/2C11H6N3.C5H8O2.Ir/c2*1-3-8-7-14-11-9(4-2-6-13-11)10(8)12-5-1;1-4(6)3-5(2)7;/h2*1-3,5-7H;3H2,1-2H3;/q2*-1;;+3. The maximum Gasteiger partial charge on any atom is 3.00 e. The largest absolute Gasteiger partial charge is 3.00 e. The zero-order valence-corrected chi connectivity index (χ0v) is 21.9. The summed E-state index contributed by atoms with van der Waals surface area (Å²) in [6.45, 7) is 2.81. The Bertz CT molecular complexity index is 1430. The fourth-order valence-electron chi connectivity index (χ4n) is 3.33. The summed E-state index contributed by atoms with van der Waals surface area (Å²) in [7, 11) is 0. The van der Waals surface area contributed by atoms with Gasteiger partial charge in [0.1, 0.15) is 11.6 Å². The molecule has 0 atom stereocenters. The molecule has 0 unspecified atom stereocenters. The first-order chi connectivity index (χ1) is 17.0. The van der Waals surface area contributed by atoms with Gasteiger partial charge in [0.05, 0.1) is 17.7 Å².